The van der Waals surface area contributed by atoms with Crippen molar-refractivity contribution in [3.8, 4) is 17.2 Å². The molecule has 0 aromatic heterocycles. The molecule has 69 heavy (non-hydrogen) atoms. The molecule has 0 bridgehead atoms. The third kappa shape index (κ3) is 15.6. The number of aliphatic hydroxyl groups is 1. The van der Waals surface area contributed by atoms with E-state index < -0.39 is 38.2 Å². The van der Waals surface area contributed by atoms with Gasteiger partial charge in [-0.1, -0.05) is 191 Å². The summed E-state index contributed by atoms with van der Waals surface area (Å²) >= 11 is 3.34. The summed E-state index contributed by atoms with van der Waals surface area (Å²) in [6.07, 6.45) is 15.6. The Hall–Kier alpha value is -4.21. The lowest BCUT2D eigenvalue weighted by atomic mass is 9.70. The number of nitro benzene ring substituents is 1. The Morgan fingerprint density at radius 1 is 0.623 bits per heavy atom. The highest BCUT2D eigenvalue weighted by atomic mass is 79.9. The molecule has 0 radical (unpaired) electrons. The molecule has 8 nitrogen and oxygen atoms in total. The molecule has 0 aliphatic rings. The van der Waals surface area contributed by atoms with Crippen molar-refractivity contribution in [2.75, 3.05) is 13.2 Å². The molecular formula is C60H87BrN2O6. The van der Waals surface area contributed by atoms with Crippen LogP contribution in [-0.2, 0) is 33.7 Å². The molecule has 0 aliphatic carbocycles. The number of aliphatic imine (C=N–C) groups is 1. The predicted molar refractivity (Wildman–Crippen MR) is 292 cm³/mol. The van der Waals surface area contributed by atoms with Crippen molar-refractivity contribution in [1.29, 1.82) is 0 Å². The minimum atomic E-state index is -1.82. The lowest BCUT2D eigenvalue weighted by molar-refractivity contribution is -0.385. The Morgan fingerprint density at radius 2 is 1.01 bits per heavy atom. The van der Waals surface area contributed by atoms with Gasteiger partial charge in [0.15, 0.2) is 0 Å². The van der Waals surface area contributed by atoms with Crippen molar-refractivity contribution in [3.05, 3.63) is 126 Å². The standard InChI is InChI=1S/C60H87BrN2O6/c1-15-17-19-21-23-28-32-68-54-47(56(3,4)5)36-44(37-48(54)57(6,7)8)60(65,52(34-42-30-26-25-27-31-42)62-41-43-35-46(63(66)67)40-51(61)53(43)64)45-38-49(58(9,10)11)55(50(39-45)59(12,13)14)69-33-29-24-22-20-18-16-2/h25-27,30-31,35-41,52,64-65H,15-24,28-29,32-34H2,1-14H3. The molecule has 2 N–H and O–H groups in total. The largest absolute Gasteiger partial charge is 0.506 e. The van der Waals surface area contributed by atoms with E-state index in [-0.39, 0.29) is 21.5 Å². The fourth-order valence-corrected chi connectivity index (χ4v) is 9.49. The number of ether oxygens (including phenoxy) is 2. The van der Waals surface area contributed by atoms with Crippen LogP contribution in [0.1, 0.15) is 218 Å². The summed E-state index contributed by atoms with van der Waals surface area (Å²) in [5.41, 5.74) is 2.78. The van der Waals surface area contributed by atoms with Gasteiger partial charge in [-0.05, 0) is 97.8 Å². The van der Waals surface area contributed by atoms with E-state index in [1.807, 2.05) is 30.3 Å². The van der Waals surface area contributed by atoms with Gasteiger partial charge in [0.2, 0.25) is 0 Å². The maximum atomic E-state index is 14.6. The van der Waals surface area contributed by atoms with Crippen LogP contribution in [0.5, 0.6) is 17.2 Å². The van der Waals surface area contributed by atoms with E-state index in [1.165, 1.54) is 69.7 Å². The second-order valence-corrected chi connectivity index (χ2v) is 24.3. The molecule has 0 amide bonds. The summed E-state index contributed by atoms with van der Waals surface area (Å²) in [6.45, 7) is 32.0. The van der Waals surface area contributed by atoms with Crippen molar-refractivity contribution in [3.63, 3.8) is 0 Å². The third-order valence-electron chi connectivity index (χ3n) is 13.2. The van der Waals surface area contributed by atoms with Crippen LogP contribution < -0.4 is 9.47 Å². The molecule has 0 aliphatic heterocycles. The summed E-state index contributed by atoms with van der Waals surface area (Å²) in [6, 6.07) is 20.2. The highest BCUT2D eigenvalue weighted by molar-refractivity contribution is 9.10. The molecule has 9 heteroatoms. The van der Waals surface area contributed by atoms with E-state index in [2.05, 4.69) is 137 Å². The molecule has 0 fully saturated rings. The first-order valence-electron chi connectivity index (χ1n) is 25.9. The number of benzene rings is 4. The first-order chi connectivity index (χ1) is 32.2. The Labute approximate surface area is 425 Å². The van der Waals surface area contributed by atoms with E-state index in [0.717, 1.165) is 65.0 Å². The van der Waals surface area contributed by atoms with Crippen LogP contribution in [0, 0.1) is 10.1 Å². The van der Waals surface area contributed by atoms with Crippen LogP contribution >= 0.6 is 15.9 Å². The number of aromatic hydroxyl groups is 1. The summed E-state index contributed by atoms with van der Waals surface area (Å²) in [5, 5.41) is 38.1. The fraction of sp³-hybridized carbons (Fsp3) is 0.583. The maximum Gasteiger partial charge on any atom is 0.271 e. The zero-order valence-electron chi connectivity index (χ0n) is 44.9. The highest BCUT2D eigenvalue weighted by Crippen LogP contribution is 2.49. The van der Waals surface area contributed by atoms with Gasteiger partial charge < -0.3 is 19.7 Å². The van der Waals surface area contributed by atoms with E-state index in [4.69, 9.17) is 14.5 Å². The number of nitro groups is 1. The summed E-state index contributed by atoms with van der Waals surface area (Å²) in [5.74, 6) is 1.53. The van der Waals surface area contributed by atoms with Crippen LogP contribution in [0.4, 0.5) is 5.69 Å². The molecule has 0 heterocycles. The molecular weight excluding hydrogens is 925 g/mol. The molecule has 4 rings (SSSR count). The first kappa shape index (κ1) is 57.4. The van der Waals surface area contributed by atoms with Gasteiger partial charge >= 0.3 is 0 Å². The van der Waals surface area contributed by atoms with E-state index in [9.17, 15) is 20.3 Å². The van der Waals surface area contributed by atoms with Crippen LogP contribution in [0.3, 0.4) is 0 Å². The van der Waals surface area contributed by atoms with Gasteiger partial charge in [-0.25, -0.2) is 0 Å². The average Bonchev–Trinajstić information content (AvgIpc) is 3.26. The Kier molecular flexibility index (Phi) is 20.6. The summed E-state index contributed by atoms with van der Waals surface area (Å²) in [4.78, 5) is 16.9. The topological polar surface area (TPSA) is 114 Å². The number of phenolic OH excluding ortho intramolecular Hbond substituents is 1. The monoisotopic (exact) mass is 1010 g/mol. The van der Waals surface area contributed by atoms with Gasteiger partial charge in [-0.2, -0.15) is 0 Å². The first-order valence-corrected chi connectivity index (χ1v) is 26.6. The predicted octanol–water partition coefficient (Wildman–Crippen LogP) is 16.7. The summed E-state index contributed by atoms with van der Waals surface area (Å²) in [7, 11) is 0. The normalized spacial score (nSPS) is 13.3. The number of phenols is 1. The van der Waals surface area contributed by atoms with Crippen LogP contribution in [0.15, 0.2) is 76.2 Å². The third-order valence-corrected chi connectivity index (χ3v) is 13.8. The average molecular weight is 1010 g/mol. The Balaban J connectivity index is 2.17. The van der Waals surface area contributed by atoms with Crippen molar-refractivity contribution in [1.82, 2.24) is 0 Å². The second kappa shape index (κ2) is 24.8. The van der Waals surface area contributed by atoms with Gasteiger partial charge in [-0.3, -0.25) is 15.1 Å². The Morgan fingerprint density at radius 3 is 1.39 bits per heavy atom. The lowest BCUT2D eigenvalue weighted by Crippen LogP contribution is -2.42. The van der Waals surface area contributed by atoms with E-state index in [0.29, 0.717) is 30.8 Å². The number of nitrogens with zero attached hydrogens (tertiary/aromatic N) is 2. The van der Waals surface area contributed by atoms with Gasteiger partial charge in [0.1, 0.15) is 22.8 Å². The second-order valence-electron chi connectivity index (χ2n) is 23.4. The quantitative estimate of drug-likeness (QED) is 0.0313. The van der Waals surface area contributed by atoms with Crippen LogP contribution in [-0.4, -0.2) is 40.6 Å². The van der Waals surface area contributed by atoms with Crippen molar-refractivity contribution >= 4 is 27.8 Å². The van der Waals surface area contributed by atoms with Gasteiger partial charge in [0.25, 0.3) is 5.69 Å². The number of hydrogen-bond acceptors (Lipinski definition) is 7. The Bertz CT molecular complexity index is 2140. The van der Waals surface area contributed by atoms with Crippen molar-refractivity contribution < 1.29 is 24.6 Å². The number of non-ortho nitro benzene ring substituents is 1. The van der Waals surface area contributed by atoms with E-state index >= 15 is 0 Å². The number of hydrogen-bond donors (Lipinski definition) is 2. The smallest absolute Gasteiger partial charge is 0.271 e. The van der Waals surface area contributed by atoms with Gasteiger partial charge in [0, 0.05) is 46.2 Å². The zero-order chi connectivity index (χ0) is 51.4. The SMILES string of the molecule is CCCCCCCCOc1c(C(C)(C)C)cc(C(O)(c2cc(C(C)(C)C)c(OCCCCCCCC)c(C(C)(C)C)c2)C(Cc2ccccc2)N=Cc2cc([N+](=O)[O-])cc(Br)c2O)cc1C(C)(C)C. The molecule has 1 atom stereocenters. The number of rotatable bonds is 24. The van der Waals surface area contributed by atoms with Gasteiger partial charge in [-0.15, -0.1) is 0 Å². The fourth-order valence-electron chi connectivity index (χ4n) is 9.03. The zero-order valence-corrected chi connectivity index (χ0v) is 46.5. The lowest BCUT2D eigenvalue weighted by Gasteiger charge is -2.40. The molecule has 380 valence electrons. The highest BCUT2D eigenvalue weighted by Gasteiger charge is 2.45. The molecule has 1 unspecified atom stereocenters. The van der Waals surface area contributed by atoms with Crippen LogP contribution in [0.2, 0.25) is 0 Å². The number of unbranched alkanes of at least 4 members (excludes halogenated alkanes) is 10. The van der Waals surface area contributed by atoms with E-state index in [1.54, 1.807) is 0 Å². The van der Waals surface area contributed by atoms with Crippen molar-refractivity contribution in [2.45, 2.75) is 214 Å². The minimum absolute atomic E-state index is 0.157. The molecule has 0 saturated heterocycles. The molecule has 4 aromatic rings. The minimum Gasteiger partial charge on any atom is -0.506 e. The molecule has 0 saturated carbocycles. The molecule has 4 aromatic carbocycles. The summed E-state index contributed by atoms with van der Waals surface area (Å²) < 4.78 is 14.0. The van der Waals surface area contributed by atoms with Gasteiger partial charge in [0.05, 0.1) is 28.7 Å². The maximum absolute atomic E-state index is 14.6. The number of halogens is 1. The molecule has 0 spiro atoms. The van der Waals surface area contributed by atoms with Crippen molar-refractivity contribution in [2.24, 2.45) is 4.99 Å². The van der Waals surface area contributed by atoms with Crippen LogP contribution in [0.25, 0.3) is 0 Å².